The minimum absolute atomic E-state index is 0.384. The second-order valence-electron chi connectivity index (χ2n) is 3.90. The average molecular weight is 375 g/mol. The first-order valence-corrected chi connectivity index (χ1v) is 7.83. The van der Waals surface area contributed by atoms with Gasteiger partial charge in [0.25, 0.3) is 0 Å². The van der Waals surface area contributed by atoms with Crippen molar-refractivity contribution >= 4 is 43.2 Å². The number of hydrogen-bond donors (Lipinski definition) is 1. The molecule has 1 unspecified atom stereocenters. The standard InChI is InChI=1S/C13H13Br2NS/c1-9(13-6-12(15)8-17-13)16-7-10-2-4-11(14)5-3-10/h2-6,8-9,16H,7H2,1H3. The molecule has 0 bridgehead atoms. The molecular weight excluding hydrogens is 362 g/mol. The monoisotopic (exact) mass is 373 g/mol. The van der Waals surface area contributed by atoms with Crippen LogP contribution in [0.1, 0.15) is 23.4 Å². The van der Waals surface area contributed by atoms with E-state index in [1.807, 2.05) is 0 Å². The van der Waals surface area contributed by atoms with E-state index in [4.69, 9.17) is 0 Å². The van der Waals surface area contributed by atoms with E-state index in [1.165, 1.54) is 10.4 Å². The zero-order chi connectivity index (χ0) is 12.3. The first kappa shape index (κ1) is 13.3. The van der Waals surface area contributed by atoms with Crippen molar-refractivity contribution < 1.29 is 0 Å². The Kier molecular flexibility index (Phi) is 4.79. The van der Waals surface area contributed by atoms with Gasteiger partial charge in [0.2, 0.25) is 0 Å². The number of halogens is 2. The summed E-state index contributed by atoms with van der Waals surface area (Å²) in [7, 11) is 0. The minimum atomic E-state index is 0.384. The molecule has 0 saturated carbocycles. The van der Waals surface area contributed by atoms with Crippen LogP contribution in [-0.2, 0) is 6.54 Å². The highest BCUT2D eigenvalue weighted by molar-refractivity contribution is 9.10. The Balaban J connectivity index is 1.92. The quantitative estimate of drug-likeness (QED) is 0.782. The lowest BCUT2D eigenvalue weighted by Gasteiger charge is -2.12. The molecule has 0 radical (unpaired) electrons. The molecule has 0 aliphatic heterocycles. The molecule has 17 heavy (non-hydrogen) atoms. The lowest BCUT2D eigenvalue weighted by atomic mass is 10.2. The number of nitrogens with one attached hydrogen (secondary N) is 1. The van der Waals surface area contributed by atoms with Crippen LogP contribution in [0.4, 0.5) is 0 Å². The van der Waals surface area contributed by atoms with Crippen LogP contribution >= 0.6 is 43.2 Å². The second-order valence-corrected chi connectivity index (χ2v) is 6.67. The molecule has 1 heterocycles. The van der Waals surface area contributed by atoms with Gasteiger partial charge in [-0.1, -0.05) is 28.1 Å². The van der Waals surface area contributed by atoms with E-state index in [9.17, 15) is 0 Å². The molecule has 0 aliphatic rings. The Labute approximate surface area is 123 Å². The van der Waals surface area contributed by atoms with Gasteiger partial charge in [-0.05, 0) is 46.6 Å². The third-order valence-electron chi connectivity index (χ3n) is 2.54. The van der Waals surface area contributed by atoms with Gasteiger partial charge < -0.3 is 5.32 Å². The van der Waals surface area contributed by atoms with Crippen molar-refractivity contribution in [2.75, 3.05) is 0 Å². The molecule has 0 spiro atoms. The van der Waals surface area contributed by atoms with Gasteiger partial charge in [-0.15, -0.1) is 11.3 Å². The highest BCUT2D eigenvalue weighted by Gasteiger charge is 2.07. The van der Waals surface area contributed by atoms with Gasteiger partial charge in [-0.3, -0.25) is 0 Å². The molecule has 0 aliphatic carbocycles. The highest BCUT2D eigenvalue weighted by atomic mass is 79.9. The lowest BCUT2D eigenvalue weighted by Crippen LogP contribution is -2.16. The van der Waals surface area contributed by atoms with E-state index in [-0.39, 0.29) is 0 Å². The second kappa shape index (κ2) is 6.14. The van der Waals surface area contributed by atoms with Crippen molar-refractivity contribution in [2.45, 2.75) is 19.5 Å². The molecule has 90 valence electrons. The van der Waals surface area contributed by atoms with Crippen LogP contribution < -0.4 is 5.32 Å². The van der Waals surface area contributed by atoms with Gasteiger partial charge in [0.15, 0.2) is 0 Å². The molecule has 4 heteroatoms. The van der Waals surface area contributed by atoms with Crippen molar-refractivity contribution in [1.82, 2.24) is 5.32 Å². The fourth-order valence-electron chi connectivity index (χ4n) is 1.53. The van der Waals surface area contributed by atoms with E-state index < -0.39 is 0 Å². The predicted octanol–water partition coefficient (Wildman–Crippen LogP) is 5.12. The third kappa shape index (κ3) is 3.91. The Morgan fingerprint density at radius 3 is 2.47 bits per heavy atom. The summed E-state index contributed by atoms with van der Waals surface area (Å²) >= 11 is 8.70. The SMILES string of the molecule is CC(NCc1ccc(Br)cc1)c1cc(Br)cs1. The number of thiophene rings is 1. The summed E-state index contributed by atoms with van der Waals surface area (Å²) in [5.74, 6) is 0. The Morgan fingerprint density at radius 1 is 1.18 bits per heavy atom. The summed E-state index contributed by atoms with van der Waals surface area (Å²) < 4.78 is 2.28. The van der Waals surface area contributed by atoms with E-state index in [2.05, 4.69) is 79.8 Å². The van der Waals surface area contributed by atoms with Gasteiger partial charge in [0.05, 0.1) is 0 Å². The van der Waals surface area contributed by atoms with Crippen LogP contribution in [0.25, 0.3) is 0 Å². The van der Waals surface area contributed by atoms with Crippen LogP contribution in [0.2, 0.25) is 0 Å². The van der Waals surface area contributed by atoms with Crippen LogP contribution in [0.3, 0.4) is 0 Å². The van der Waals surface area contributed by atoms with Crippen molar-refractivity contribution in [2.24, 2.45) is 0 Å². The van der Waals surface area contributed by atoms with Crippen molar-refractivity contribution in [3.05, 3.63) is 55.1 Å². The third-order valence-corrected chi connectivity index (χ3v) is 4.95. The molecule has 1 atom stereocenters. The molecule has 1 aromatic carbocycles. The summed E-state index contributed by atoms with van der Waals surface area (Å²) in [6.45, 7) is 3.08. The molecule has 0 fully saturated rings. The summed E-state index contributed by atoms with van der Waals surface area (Å²) in [5, 5.41) is 5.64. The summed E-state index contributed by atoms with van der Waals surface area (Å²) in [5.41, 5.74) is 1.30. The largest absolute Gasteiger partial charge is 0.305 e. The molecule has 1 aromatic heterocycles. The molecule has 2 rings (SSSR count). The van der Waals surface area contributed by atoms with Crippen LogP contribution in [-0.4, -0.2) is 0 Å². The Hall–Kier alpha value is -0.160. The maximum absolute atomic E-state index is 3.52. The lowest BCUT2D eigenvalue weighted by molar-refractivity contribution is 0.583. The molecule has 2 aromatic rings. The van der Waals surface area contributed by atoms with Crippen molar-refractivity contribution in [3.63, 3.8) is 0 Å². The van der Waals surface area contributed by atoms with Crippen LogP contribution in [0.5, 0.6) is 0 Å². The molecule has 0 saturated heterocycles. The summed E-state index contributed by atoms with van der Waals surface area (Å²) in [6.07, 6.45) is 0. The Morgan fingerprint density at radius 2 is 1.88 bits per heavy atom. The van der Waals surface area contributed by atoms with Gasteiger partial charge in [-0.25, -0.2) is 0 Å². The number of benzene rings is 1. The van der Waals surface area contributed by atoms with E-state index in [0.717, 1.165) is 15.5 Å². The van der Waals surface area contributed by atoms with Crippen molar-refractivity contribution in [1.29, 1.82) is 0 Å². The number of rotatable bonds is 4. The molecule has 1 N–H and O–H groups in total. The van der Waals surface area contributed by atoms with Crippen LogP contribution in [0, 0.1) is 0 Å². The normalized spacial score (nSPS) is 12.6. The fraction of sp³-hybridized carbons (Fsp3) is 0.231. The highest BCUT2D eigenvalue weighted by Crippen LogP contribution is 2.25. The predicted molar refractivity (Wildman–Crippen MR) is 81.4 cm³/mol. The van der Waals surface area contributed by atoms with E-state index in [1.54, 1.807) is 11.3 Å². The zero-order valence-electron chi connectivity index (χ0n) is 9.41. The first-order valence-electron chi connectivity index (χ1n) is 5.37. The number of hydrogen-bond acceptors (Lipinski definition) is 2. The first-order chi connectivity index (χ1) is 8.15. The van der Waals surface area contributed by atoms with Gasteiger partial charge in [0, 0.05) is 31.8 Å². The molecule has 0 amide bonds. The van der Waals surface area contributed by atoms with Gasteiger partial charge >= 0.3 is 0 Å². The summed E-state index contributed by atoms with van der Waals surface area (Å²) in [4.78, 5) is 1.36. The van der Waals surface area contributed by atoms with E-state index in [0.29, 0.717) is 6.04 Å². The smallest absolute Gasteiger partial charge is 0.0389 e. The molecule has 1 nitrogen and oxygen atoms in total. The van der Waals surface area contributed by atoms with Crippen LogP contribution in [0.15, 0.2) is 44.7 Å². The Bertz CT molecular complexity index is 478. The van der Waals surface area contributed by atoms with Gasteiger partial charge in [0.1, 0.15) is 0 Å². The van der Waals surface area contributed by atoms with Gasteiger partial charge in [-0.2, -0.15) is 0 Å². The van der Waals surface area contributed by atoms with E-state index >= 15 is 0 Å². The fourth-order valence-corrected chi connectivity index (χ4v) is 3.27. The van der Waals surface area contributed by atoms with Crippen molar-refractivity contribution in [3.8, 4) is 0 Å². The topological polar surface area (TPSA) is 12.0 Å². The molecular formula is C13H13Br2NS. The minimum Gasteiger partial charge on any atom is -0.305 e. The maximum atomic E-state index is 3.52. The maximum Gasteiger partial charge on any atom is 0.0389 e. The zero-order valence-corrected chi connectivity index (χ0v) is 13.4. The average Bonchev–Trinajstić information content (AvgIpc) is 2.75. The summed E-state index contributed by atoms with van der Waals surface area (Å²) in [6, 6.07) is 11.0.